The lowest BCUT2D eigenvalue weighted by Gasteiger charge is -2.22. The van der Waals surface area contributed by atoms with Crippen LogP contribution in [-0.2, 0) is 4.74 Å². The summed E-state index contributed by atoms with van der Waals surface area (Å²) in [6, 6.07) is 3.74. The highest BCUT2D eigenvalue weighted by molar-refractivity contribution is 6.30. The lowest BCUT2D eigenvalue weighted by molar-refractivity contribution is 0.0250. The number of ether oxygens (including phenoxy) is 1. The second-order valence-electron chi connectivity index (χ2n) is 2.96. The molecule has 4 heteroatoms. The lowest BCUT2D eigenvalue weighted by Crippen LogP contribution is -2.33. The Bertz CT molecular complexity index is 269. The number of hydrogen-bond donors (Lipinski definition) is 1. The summed E-state index contributed by atoms with van der Waals surface area (Å²) in [5, 5.41) is 3.91. The Balaban J connectivity index is 2.10. The summed E-state index contributed by atoms with van der Waals surface area (Å²) in [7, 11) is 0. The average Bonchev–Trinajstić information content (AvgIpc) is 2.20. The van der Waals surface area contributed by atoms with Crippen molar-refractivity contribution in [2.75, 3.05) is 19.7 Å². The number of halogens is 1. The number of nitrogens with zero attached hydrogens (tertiary/aromatic N) is 1. The molecule has 1 fully saturated rings. The number of morpholine rings is 1. The highest BCUT2D eigenvalue weighted by atomic mass is 35.5. The van der Waals surface area contributed by atoms with Crippen LogP contribution in [0.2, 0.25) is 5.02 Å². The van der Waals surface area contributed by atoms with Crippen LogP contribution < -0.4 is 5.32 Å². The Labute approximate surface area is 82.1 Å². The minimum Gasteiger partial charge on any atom is -0.369 e. The van der Waals surface area contributed by atoms with Gasteiger partial charge in [0.25, 0.3) is 0 Å². The maximum atomic E-state index is 5.73. The van der Waals surface area contributed by atoms with Crippen molar-refractivity contribution in [2.45, 2.75) is 6.10 Å². The van der Waals surface area contributed by atoms with Crippen molar-refractivity contribution in [1.29, 1.82) is 0 Å². The third-order valence-electron chi connectivity index (χ3n) is 2.01. The zero-order chi connectivity index (χ0) is 9.10. The number of aromatic nitrogens is 1. The molecule has 70 valence electrons. The molecule has 0 aliphatic carbocycles. The topological polar surface area (TPSA) is 34.1 Å². The summed E-state index contributed by atoms with van der Waals surface area (Å²) < 4.78 is 5.54. The third kappa shape index (κ3) is 2.18. The van der Waals surface area contributed by atoms with Crippen molar-refractivity contribution >= 4 is 11.6 Å². The largest absolute Gasteiger partial charge is 0.369 e. The van der Waals surface area contributed by atoms with E-state index in [2.05, 4.69) is 10.3 Å². The summed E-state index contributed by atoms with van der Waals surface area (Å²) in [4.78, 5) is 4.20. The zero-order valence-corrected chi connectivity index (χ0v) is 7.92. The molecule has 0 unspecified atom stereocenters. The van der Waals surface area contributed by atoms with Crippen molar-refractivity contribution in [3.63, 3.8) is 0 Å². The average molecular weight is 199 g/mol. The van der Waals surface area contributed by atoms with Gasteiger partial charge in [0.2, 0.25) is 0 Å². The smallest absolute Gasteiger partial charge is 0.112 e. The molecule has 2 heterocycles. The van der Waals surface area contributed by atoms with Gasteiger partial charge >= 0.3 is 0 Å². The Morgan fingerprint density at radius 3 is 3.08 bits per heavy atom. The molecule has 1 saturated heterocycles. The van der Waals surface area contributed by atoms with Gasteiger partial charge < -0.3 is 10.1 Å². The van der Waals surface area contributed by atoms with Gasteiger partial charge in [0.1, 0.15) is 6.10 Å². The van der Waals surface area contributed by atoms with E-state index in [1.807, 2.05) is 12.1 Å². The molecule has 1 aliphatic heterocycles. The summed E-state index contributed by atoms with van der Waals surface area (Å²) in [6.07, 6.45) is 1.72. The SMILES string of the molecule is Clc1ccc([C@@H]2CNCCO2)nc1. The van der Waals surface area contributed by atoms with Gasteiger partial charge in [-0.15, -0.1) is 0 Å². The highest BCUT2D eigenvalue weighted by Gasteiger charge is 2.16. The quantitative estimate of drug-likeness (QED) is 0.741. The van der Waals surface area contributed by atoms with Crippen molar-refractivity contribution in [2.24, 2.45) is 0 Å². The number of pyridine rings is 1. The summed E-state index contributed by atoms with van der Waals surface area (Å²) in [6.45, 7) is 2.49. The van der Waals surface area contributed by atoms with E-state index in [1.54, 1.807) is 6.20 Å². The first-order valence-electron chi connectivity index (χ1n) is 4.30. The van der Waals surface area contributed by atoms with Crippen LogP contribution in [0.3, 0.4) is 0 Å². The van der Waals surface area contributed by atoms with Crippen molar-refractivity contribution in [1.82, 2.24) is 10.3 Å². The molecule has 3 nitrogen and oxygen atoms in total. The van der Waals surface area contributed by atoms with Gasteiger partial charge in [-0.25, -0.2) is 0 Å². The minimum absolute atomic E-state index is 0.0750. The van der Waals surface area contributed by atoms with Crippen LogP contribution in [0.5, 0.6) is 0 Å². The van der Waals surface area contributed by atoms with E-state index in [0.29, 0.717) is 5.02 Å². The normalized spacial score (nSPS) is 23.0. The fourth-order valence-corrected chi connectivity index (χ4v) is 1.44. The van der Waals surface area contributed by atoms with E-state index in [9.17, 15) is 0 Å². The molecule has 13 heavy (non-hydrogen) atoms. The summed E-state index contributed by atoms with van der Waals surface area (Å²) >= 11 is 5.73. The Kier molecular flexibility index (Phi) is 2.78. The fourth-order valence-electron chi connectivity index (χ4n) is 1.33. The van der Waals surface area contributed by atoms with E-state index in [0.717, 1.165) is 25.4 Å². The fraction of sp³-hybridized carbons (Fsp3) is 0.444. The van der Waals surface area contributed by atoms with Gasteiger partial charge in [-0.05, 0) is 12.1 Å². The first-order valence-corrected chi connectivity index (χ1v) is 4.68. The van der Waals surface area contributed by atoms with Crippen molar-refractivity contribution in [3.8, 4) is 0 Å². The molecule has 1 aromatic rings. The monoisotopic (exact) mass is 198 g/mol. The van der Waals surface area contributed by atoms with E-state index >= 15 is 0 Å². The molecule has 2 rings (SSSR count). The minimum atomic E-state index is 0.0750. The Morgan fingerprint density at radius 1 is 1.54 bits per heavy atom. The molecular formula is C9H11ClN2O. The predicted octanol–water partition coefficient (Wildman–Crippen LogP) is 1.40. The zero-order valence-electron chi connectivity index (χ0n) is 7.16. The maximum absolute atomic E-state index is 5.73. The first-order chi connectivity index (χ1) is 6.36. The Hall–Kier alpha value is -0.640. The molecule has 0 saturated carbocycles. The maximum Gasteiger partial charge on any atom is 0.112 e. The van der Waals surface area contributed by atoms with Gasteiger partial charge in [-0.2, -0.15) is 0 Å². The van der Waals surface area contributed by atoms with Crippen molar-refractivity contribution < 1.29 is 4.74 Å². The van der Waals surface area contributed by atoms with E-state index in [4.69, 9.17) is 16.3 Å². The molecule has 0 bridgehead atoms. The molecule has 0 spiro atoms. The molecule has 1 atom stereocenters. The molecule has 0 amide bonds. The number of nitrogens with one attached hydrogen (secondary N) is 1. The molecule has 1 aromatic heterocycles. The number of hydrogen-bond acceptors (Lipinski definition) is 3. The van der Waals surface area contributed by atoms with Crippen LogP contribution in [0.15, 0.2) is 18.3 Å². The first kappa shape index (κ1) is 8.94. The molecule has 1 N–H and O–H groups in total. The van der Waals surface area contributed by atoms with Crippen molar-refractivity contribution in [3.05, 3.63) is 29.0 Å². The van der Waals surface area contributed by atoms with Crippen LogP contribution in [0.4, 0.5) is 0 Å². The third-order valence-corrected chi connectivity index (χ3v) is 2.23. The van der Waals surface area contributed by atoms with Crippen LogP contribution in [0.1, 0.15) is 11.8 Å². The number of rotatable bonds is 1. The van der Waals surface area contributed by atoms with Gasteiger partial charge in [0, 0.05) is 19.3 Å². The second kappa shape index (κ2) is 4.05. The van der Waals surface area contributed by atoms with Gasteiger partial charge in [-0.3, -0.25) is 4.98 Å². The van der Waals surface area contributed by atoms with E-state index in [1.165, 1.54) is 0 Å². The standard InChI is InChI=1S/C9H11ClN2O/c10-7-1-2-8(12-5-7)9-6-11-3-4-13-9/h1-2,5,9,11H,3-4,6H2/t9-/m0/s1. The van der Waals surface area contributed by atoms with Crippen LogP contribution in [-0.4, -0.2) is 24.7 Å². The van der Waals surface area contributed by atoms with Crippen LogP contribution in [0.25, 0.3) is 0 Å². The summed E-state index contributed by atoms with van der Waals surface area (Å²) in [5.41, 5.74) is 0.941. The molecule has 0 aromatic carbocycles. The molecule has 0 radical (unpaired) electrons. The van der Waals surface area contributed by atoms with E-state index in [-0.39, 0.29) is 6.10 Å². The van der Waals surface area contributed by atoms with E-state index < -0.39 is 0 Å². The van der Waals surface area contributed by atoms with Crippen LogP contribution in [0, 0.1) is 0 Å². The highest BCUT2D eigenvalue weighted by Crippen LogP contribution is 2.17. The van der Waals surface area contributed by atoms with Gasteiger partial charge in [0.15, 0.2) is 0 Å². The Morgan fingerprint density at radius 2 is 2.46 bits per heavy atom. The lowest BCUT2D eigenvalue weighted by atomic mass is 10.2. The molecular weight excluding hydrogens is 188 g/mol. The van der Waals surface area contributed by atoms with Gasteiger partial charge in [-0.1, -0.05) is 11.6 Å². The predicted molar refractivity (Wildman–Crippen MR) is 50.8 cm³/mol. The molecule has 1 aliphatic rings. The second-order valence-corrected chi connectivity index (χ2v) is 3.40. The van der Waals surface area contributed by atoms with Gasteiger partial charge in [0.05, 0.1) is 17.3 Å². The van der Waals surface area contributed by atoms with Crippen LogP contribution >= 0.6 is 11.6 Å². The summed E-state index contributed by atoms with van der Waals surface area (Å²) in [5.74, 6) is 0.